The second-order valence-corrected chi connectivity index (χ2v) is 4.20. The molecule has 0 aromatic heterocycles. The number of nitrogens with two attached hydrogens (primary N) is 1. The van der Waals surface area contributed by atoms with Crippen molar-refractivity contribution in [3.05, 3.63) is 34.3 Å². The highest BCUT2D eigenvalue weighted by atomic mass is 79.9. The molecule has 0 saturated carbocycles. The molecule has 1 aromatic rings. The van der Waals surface area contributed by atoms with Gasteiger partial charge in [-0.05, 0) is 30.7 Å². The van der Waals surface area contributed by atoms with E-state index in [2.05, 4.69) is 28.1 Å². The molecule has 1 atom stereocenters. The predicted molar refractivity (Wildman–Crippen MR) is 62.4 cm³/mol. The molecule has 0 saturated heterocycles. The zero-order valence-corrected chi connectivity index (χ0v) is 9.96. The van der Waals surface area contributed by atoms with Crippen molar-refractivity contribution in [2.45, 2.75) is 12.3 Å². The van der Waals surface area contributed by atoms with Crippen LogP contribution in [0.15, 0.2) is 28.7 Å². The molecule has 2 nitrogen and oxygen atoms in total. The minimum Gasteiger partial charge on any atom is -0.384 e. The maximum atomic E-state index is 5.57. The standard InChI is InChI=1S/C11H16BrNO/c1-14-8-10(5-6-13)9-3-2-4-11(12)7-9/h2-4,7,10H,5-6,8,13H2,1H3. The van der Waals surface area contributed by atoms with Crippen LogP contribution < -0.4 is 5.73 Å². The molecule has 3 heteroatoms. The summed E-state index contributed by atoms with van der Waals surface area (Å²) in [5, 5.41) is 0. The molecule has 0 aliphatic rings. The lowest BCUT2D eigenvalue weighted by Gasteiger charge is -2.15. The summed E-state index contributed by atoms with van der Waals surface area (Å²) >= 11 is 3.46. The van der Waals surface area contributed by atoms with Crippen LogP contribution in [-0.2, 0) is 4.74 Å². The Hall–Kier alpha value is -0.380. The summed E-state index contributed by atoms with van der Waals surface area (Å²) in [6.45, 7) is 1.42. The first-order valence-corrected chi connectivity index (χ1v) is 5.51. The Morgan fingerprint density at radius 3 is 2.86 bits per heavy atom. The molecule has 1 aromatic carbocycles. The Kier molecular flexibility index (Phi) is 5.15. The Balaban J connectivity index is 2.75. The minimum atomic E-state index is 0.405. The van der Waals surface area contributed by atoms with E-state index in [4.69, 9.17) is 10.5 Å². The fraction of sp³-hybridized carbons (Fsp3) is 0.455. The van der Waals surface area contributed by atoms with Gasteiger partial charge in [0.1, 0.15) is 0 Å². The summed E-state index contributed by atoms with van der Waals surface area (Å²) in [6.07, 6.45) is 0.963. The van der Waals surface area contributed by atoms with Crippen LogP contribution in [0.3, 0.4) is 0 Å². The molecule has 0 radical (unpaired) electrons. The van der Waals surface area contributed by atoms with Gasteiger partial charge in [-0.2, -0.15) is 0 Å². The smallest absolute Gasteiger partial charge is 0.0531 e. The number of benzene rings is 1. The van der Waals surface area contributed by atoms with Crippen molar-refractivity contribution in [3.8, 4) is 0 Å². The number of hydrogen-bond acceptors (Lipinski definition) is 2. The summed E-state index contributed by atoms with van der Waals surface area (Å²) in [4.78, 5) is 0. The summed E-state index contributed by atoms with van der Waals surface area (Å²) in [5.74, 6) is 0.405. The Morgan fingerprint density at radius 2 is 2.29 bits per heavy atom. The molecule has 0 heterocycles. The van der Waals surface area contributed by atoms with E-state index in [1.54, 1.807) is 7.11 Å². The Labute approximate surface area is 93.6 Å². The predicted octanol–water partition coefficient (Wildman–Crippen LogP) is 2.53. The van der Waals surface area contributed by atoms with Crippen LogP contribution in [0.25, 0.3) is 0 Å². The van der Waals surface area contributed by atoms with Gasteiger partial charge in [0.05, 0.1) is 6.61 Å². The molecule has 0 aliphatic heterocycles. The highest BCUT2D eigenvalue weighted by molar-refractivity contribution is 9.10. The van der Waals surface area contributed by atoms with Gasteiger partial charge < -0.3 is 10.5 Å². The molecule has 0 bridgehead atoms. The van der Waals surface area contributed by atoms with Crippen molar-refractivity contribution in [3.63, 3.8) is 0 Å². The third-order valence-electron chi connectivity index (χ3n) is 2.20. The average molecular weight is 258 g/mol. The molecule has 14 heavy (non-hydrogen) atoms. The fourth-order valence-corrected chi connectivity index (χ4v) is 1.93. The van der Waals surface area contributed by atoms with Gasteiger partial charge in [-0.3, -0.25) is 0 Å². The molecule has 0 amide bonds. The summed E-state index contributed by atoms with van der Waals surface area (Å²) in [6, 6.07) is 8.30. The van der Waals surface area contributed by atoms with Crippen molar-refractivity contribution in [2.75, 3.05) is 20.3 Å². The molecule has 1 unspecified atom stereocenters. The zero-order chi connectivity index (χ0) is 10.4. The van der Waals surface area contributed by atoms with Gasteiger partial charge in [-0.15, -0.1) is 0 Å². The molecular weight excluding hydrogens is 242 g/mol. The Bertz CT molecular complexity index is 272. The summed E-state index contributed by atoms with van der Waals surface area (Å²) in [7, 11) is 1.72. The first-order valence-electron chi connectivity index (χ1n) is 4.72. The quantitative estimate of drug-likeness (QED) is 0.880. The third kappa shape index (κ3) is 3.40. The summed E-state index contributed by atoms with van der Waals surface area (Å²) < 4.78 is 6.28. The van der Waals surface area contributed by atoms with Crippen molar-refractivity contribution in [1.82, 2.24) is 0 Å². The van der Waals surface area contributed by atoms with Crippen LogP contribution in [0.1, 0.15) is 17.9 Å². The first-order chi connectivity index (χ1) is 6.77. The van der Waals surface area contributed by atoms with Crippen molar-refractivity contribution in [1.29, 1.82) is 0 Å². The lowest BCUT2D eigenvalue weighted by Crippen LogP contribution is -2.12. The molecule has 0 spiro atoms. The van der Waals surface area contributed by atoms with Crippen LogP contribution in [0, 0.1) is 0 Å². The molecular formula is C11H16BrNO. The molecule has 0 aliphatic carbocycles. The number of ether oxygens (including phenoxy) is 1. The van der Waals surface area contributed by atoms with E-state index in [9.17, 15) is 0 Å². The van der Waals surface area contributed by atoms with E-state index in [0.717, 1.165) is 17.5 Å². The van der Waals surface area contributed by atoms with Gasteiger partial charge in [0.2, 0.25) is 0 Å². The number of hydrogen-bond donors (Lipinski definition) is 1. The van der Waals surface area contributed by atoms with Crippen LogP contribution in [0.2, 0.25) is 0 Å². The van der Waals surface area contributed by atoms with Crippen molar-refractivity contribution in [2.24, 2.45) is 5.73 Å². The number of rotatable bonds is 5. The molecule has 78 valence electrons. The third-order valence-corrected chi connectivity index (χ3v) is 2.70. The van der Waals surface area contributed by atoms with Crippen LogP contribution in [0.4, 0.5) is 0 Å². The zero-order valence-electron chi connectivity index (χ0n) is 8.37. The monoisotopic (exact) mass is 257 g/mol. The highest BCUT2D eigenvalue weighted by Crippen LogP contribution is 2.22. The van der Waals surface area contributed by atoms with E-state index in [1.165, 1.54) is 5.56 Å². The molecule has 1 rings (SSSR count). The van der Waals surface area contributed by atoms with Crippen molar-refractivity contribution < 1.29 is 4.74 Å². The van der Waals surface area contributed by atoms with Gasteiger partial charge in [0, 0.05) is 17.5 Å². The minimum absolute atomic E-state index is 0.405. The van der Waals surface area contributed by atoms with Gasteiger partial charge >= 0.3 is 0 Å². The molecule has 2 N–H and O–H groups in total. The van der Waals surface area contributed by atoms with E-state index in [-0.39, 0.29) is 0 Å². The van der Waals surface area contributed by atoms with Gasteiger partial charge in [0.25, 0.3) is 0 Å². The van der Waals surface area contributed by atoms with E-state index in [1.807, 2.05) is 12.1 Å². The van der Waals surface area contributed by atoms with Crippen molar-refractivity contribution >= 4 is 15.9 Å². The SMILES string of the molecule is COCC(CCN)c1cccc(Br)c1. The van der Waals surface area contributed by atoms with E-state index >= 15 is 0 Å². The maximum Gasteiger partial charge on any atom is 0.0531 e. The second-order valence-electron chi connectivity index (χ2n) is 3.28. The maximum absolute atomic E-state index is 5.57. The second kappa shape index (κ2) is 6.17. The topological polar surface area (TPSA) is 35.2 Å². The van der Waals surface area contributed by atoms with Gasteiger partial charge in [0.15, 0.2) is 0 Å². The number of halogens is 1. The highest BCUT2D eigenvalue weighted by Gasteiger charge is 2.10. The first kappa shape index (κ1) is 11.7. The normalized spacial score (nSPS) is 12.8. The lowest BCUT2D eigenvalue weighted by molar-refractivity contribution is 0.176. The fourth-order valence-electron chi connectivity index (χ4n) is 1.51. The molecule has 0 fully saturated rings. The summed E-state index contributed by atoms with van der Waals surface area (Å²) in [5.41, 5.74) is 6.85. The van der Waals surface area contributed by atoms with Crippen LogP contribution >= 0.6 is 15.9 Å². The van der Waals surface area contributed by atoms with Crippen LogP contribution in [0.5, 0.6) is 0 Å². The average Bonchev–Trinajstić information content (AvgIpc) is 2.17. The van der Waals surface area contributed by atoms with Gasteiger partial charge in [-0.25, -0.2) is 0 Å². The van der Waals surface area contributed by atoms with E-state index in [0.29, 0.717) is 12.5 Å². The Morgan fingerprint density at radius 1 is 1.50 bits per heavy atom. The largest absolute Gasteiger partial charge is 0.384 e. The van der Waals surface area contributed by atoms with Crippen LogP contribution in [-0.4, -0.2) is 20.3 Å². The van der Waals surface area contributed by atoms with Gasteiger partial charge in [-0.1, -0.05) is 28.1 Å². The lowest BCUT2D eigenvalue weighted by atomic mass is 9.97. The van der Waals surface area contributed by atoms with E-state index < -0.39 is 0 Å². The number of methoxy groups -OCH3 is 1.